The zero-order chi connectivity index (χ0) is 14.9. The predicted molar refractivity (Wildman–Crippen MR) is 85.6 cm³/mol. The van der Waals surface area contributed by atoms with E-state index in [4.69, 9.17) is 4.74 Å². The highest BCUT2D eigenvalue weighted by atomic mass is 16.5. The average Bonchev–Trinajstić information content (AvgIpc) is 3.03. The van der Waals surface area contributed by atoms with Gasteiger partial charge in [0.05, 0.1) is 25.4 Å². The highest BCUT2D eigenvalue weighted by Crippen LogP contribution is 2.13. The summed E-state index contributed by atoms with van der Waals surface area (Å²) < 4.78 is 5.70. The minimum atomic E-state index is 0.789. The third-order valence-corrected chi connectivity index (χ3v) is 3.35. The van der Waals surface area contributed by atoms with Gasteiger partial charge in [-0.2, -0.15) is 5.43 Å². The third kappa shape index (κ3) is 5.10. The van der Waals surface area contributed by atoms with Gasteiger partial charge in [-0.25, -0.2) is 0 Å². The lowest BCUT2D eigenvalue weighted by atomic mass is 10.1. The van der Waals surface area contributed by atoms with Crippen LogP contribution < -0.4 is 20.5 Å². The molecule has 1 heterocycles. The molecular formula is C16H25N4O+. The van der Waals surface area contributed by atoms with Gasteiger partial charge in [-0.05, 0) is 43.2 Å². The number of rotatable bonds is 7. The highest BCUT2D eigenvalue weighted by molar-refractivity contribution is 5.99. The topological polar surface area (TPSA) is 59.6 Å². The van der Waals surface area contributed by atoms with Crippen molar-refractivity contribution in [2.24, 2.45) is 5.10 Å². The van der Waals surface area contributed by atoms with Gasteiger partial charge >= 0.3 is 5.96 Å². The highest BCUT2D eigenvalue weighted by Gasteiger charge is 2.10. The predicted octanol–water partition coefficient (Wildman–Crippen LogP) is 0.609. The van der Waals surface area contributed by atoms with Gasteiger partial charge in [0.1, 0.15) is 5.75 Å². The van der Waals surface area contributed by atoms with Crippen LogP contribution in [0.1, 0.15) is 38.7 Å². The van der Waals surface area contributed by atoms with Gasteiger partial charge in [0.2, 0.25) is 0 Å². The fourth-order valence-corrected chi connectivity index (χ4v) is 2.06. The van der Waals surface area contributed by atoms with E-state index in [1.54, 1.807) is 0 Å². The molecule has 0 atom stereocenters. The summed E-state index contributed by atoms with van der Waals surface area (Å²) in [5, 5.41) is 7.53. The quantitative estimate of drug-likeness (QED) is 0.391. The van der Waals surface area contributed by atoms with Gasteiger partial charge in [-0.15, -0.1) is 5.10 Å². The molecule has 0 spiro atoms. The standard InChI is InChI=1S/C16H24N4O/c1-3-4-5-12-21-15-8-6-14(7-9-15)13(2)19-20-16-17-10-11-18-16/h6-9H,3-5,10-12H2,1-2H3,(H2,17,18,20)/p+1/b19-13-. The smallest absolute Gasteiger partial charge is 0.367 e. The molecule has 5 heteroatoms. The van der Waals surface area contributed by atoms with Crippen molar-refractivity contribution in [3.05, 3.63) is 29.8 Å². The molecule has 1 aromatic rings. The third-order valence-electron chi connectivity index (χ3n) is 3.35. The second-order valence-electron chi connectivity index (χ2n) is 5.12. The van der Waals surface area contributed by atoms with Crippen molar-refractivity contribution in [2.75, 3.05) is 19.7 Å². The normalized spacial score (nSPS) is 14.6. The van der Waals surface area contributed by atoms with E-state index in [1.165, 1.54) is 12.8 Å². The van der Waals surface area contributed by atoms with Crippen LogP contribution in [-0.4, -0.2) is 31.4 Å². The molecule has 0 radical (unpaired) electrons. The Morgan fingerprint density at radius 3 is 2.81 bits per heavy atom. The van der Waals surface area contributed by atoms with Gasteiger partial charge in [0.15, 0.2) is 0 Å². The maximum Gasteiger partial charge on any atom is 0.367 e. The number of hydrogen-bond donors (Lipinski definition) is 3. The molecule has 0 unspecified atom stereocenters. The fraction of sp³-hybridized carbons (Fsp3) is 0.500. The Labute approximate surface area is 126 Å². The molecule has 5 nitrogen and oxygen atoms in total. The summed E-state index contributed by atoms with van der Waals surface area (Å²) >= 11 is 0. The number of nitrogens with zero attached hydrogens (tertiary/aromatic N) is 1. The van der Waals surface area contributed by atoms with Crippen LogP contribution in [0.15, 0.2) is 29.4 Å². The first-order valence-corrected chi connectivity index (χ1v) is 7.68. The average molecular weight is 289 g/mol. The van der Waals surface area contributed by atoms with Crippen LogP contribution >= 0.6 is 0 Å². The minimum Gasteiger partial charge on any atom is -0.494 e. The number of hydrazone groups is 1. The maximum atomic E-state index is 5.70. The van der Waals surface area contributed by atoms with Crippen molar-refractivity contribution >= 4 is 11.7 Å². The largest absolute Gasteiger partial charge is 0.494 e. The second kappa shape index (κ2) is 8.29. The van der Waals surface area contributed by atoms with E-state index in [1.807, 2.05) is 31.2 Å². The number of ether oxygens (including phenoxy) is 1. The zero-order valence-corrected chi connectivity index (χ0v) is 12.9. The van der Waals surface area contributed by atoms with E-state index in [2.05, 4.69) is 27.8 Å². The number of guanidine groups is 1. The van der Waals surface area contributed by atoms with Gasteiger partial charge in [-0.3, -0.25) is 10.3 Å². The van der Waals surface area contributed by atoms with Gasteiger partial charge in [0.25, 0.3) is 0 Å². The van der Waals surface area contributed by atoms with E-state index in [-0.39, 0.29) is 0 Å². The summed E-state index contributed by atoms with van der Waals surface area (Å²) in [4.78, 5) is 3.17. The molecule has 0 amide bonds. The van der Waals surface area contributed by atoms with Crippen molar-refractivity contribution in [3.63, 3.8) is 0 Å². The molecule has 3 N–H and O–H groups in total. The first-order valence-electron chi connectivity index (χ1n) is 7.68. The molecule has 1 aromatic carbocycles. The number of hydrogen-bond acceptors (Lipinski definition) is 4. The molecule has 21 heavy (non-hydrogen) atoms. The van der Waals surface area contributed by atoms with Crippen molar-refractivity contribution in [1.29, 1.82) is 0 Å². The van der Waals surface area contributed by atoms with Crippen molar-refractivity contribution in [1.82, 2.24) is 10.7 Å². The van der Waals surface area contributed by atoms with E-state index < -0.39 is 0 Å². The molecule has 2 rings (SSSR count). The van der Waals surface area contributed by atoms with Crippen molar-refractivity contribution in [2.45, 2.75) is 33.1 Å². The van der Waals surface area contributed by atoms with Crippen LogP contribution in [0.5, 0.6) is 5.75 Å². The lowest BCUT2D eigenvalue weighted by molar-refractivity contribution is -0.446. The molecule has 114 valence electrons. The van der Waals surface area contributed by atoms with E-state index in [9.17, 15) is 0 Å². The summed E-state index contributed by atoms with van der Waals surface area (Å²) in [5.74, 6) is 1.79. The van der Waals surface area contributed by atoms with E-state index >= 15 is 0 Å². The molecule has 1 aliphatic heterocycles. The summed E-state index contributed by atoms with van der Waals surface area (Å²) in [6.45, 7) is 6.83. The molecule has 0 fully saturated rings. The van der Waals surface area contributed by atoms with Crippen LogP contribution in [0.2, 0.25) is 0 Å². The van der Waals surface area contributed by atoms with Crippen LogP contribution in [-0.2, 0) is 0 Å². The first kappa shape index (κ1) is 15.4. The molecule has 0 aliphatic carbocycles. The van der Waals surface area contributed by atoms with Crippen LogP contribution in [0, 0.1) is 0 Å². The molecule has 0 aromatic heterocycles. The Hall–Kier alpha value is -2.04. The van der Waals surface area contributed by atoms with Gasteiger partial charge in [0, 0.05) is 0 Å². The van der Waals surface area contributed by atoms with Gasteiger partial charge in [-0.1, -0.05) is 19.8 Å². The minimum absolute atomic E-state index is 0.789. The fourth-order valence-electron chi connectivity index (χ4n) is 2.06. The first-order chi connectivity index (χ1) is 10.3. The zero-order valence-electron chi connectivity index (χ0n) is 12.9. The SMILES string of the molecule is CCCCCOc1ccc(/C(C)=N\NC2=[NH+]CCN2)cc1. The molecule has 0 saturated heterocycles. The lowest BCUT2D eigenvalue weighted by Crippen LogP contribution is -2.73. The number of unbranched alkanes of at least 4 members (excludes halogenated alkanes) is 2. The van der Waals surface area contributed by atoms with E-state index in [0.29, 0.717) is 0 Å². The number of benzene rings is 1. The van der Waals surface area contributed by atoms with Crippen LogP contribution in [0.4, 0.5) is 0 Å². The Balaban J connectivity index is 1.84. The number of nitrogens with one attached hydrogen (secondary N) is 3. The molecule has 1 aliphatic rings. The Morgan fingerprint density at radius 2 is 2.14 bits per heavy atom. The Morgan fingerprint density at radius 1 is 1.33 bits per heavy atom. The van der Waals surface area contributed by atoms with Gasteiger partial charge < -0.3 is 4.74 Å². The van der Waals surface area contributed by atoms with Crippen molar-refractivity contribution < 1.29 is 9.73 Å². The lowest BCUT2D eigenvalue weighted by Gasteiger charge is -2.06. The second-order valence-corrected chi connectivity index (χ2v) is 5.12. The summed E-state index contributed by atoms with van der Waals surface area (Å²) in [5.41, 5.74) is 5.02. The van der Waals surface area contributed by atoms with E-state index in [0.717, 1.165) is 49.1 Å². The summed E-state index contributed by atoms with van der Waals surface area (Å²) in [6.07, 6.45) is 3.55. The molecular weight excluding hydrogens is 264 g/mol. The molecule has 0 saturated carbocycles. The van der Waals surface area contributed by atoms with Crippen LogP contribution in [0.3, 0.4) is 0 Å². The summed E-state index contributed by atoms with van der Waals surface area (Å²) in [6, 6.07) is 8.07. The monoisotopic (exact) mass is 289 g/mol. The van der Waals surface area contributed by atoms with Crippen LogP contribution in [0.25, 0.3) is 0 Å². The molecule has 0 bridgehead atoms. The van der Waals surface area contributed by atoms with Crippen molar-refractivity contribution in [3.8, 4) is 5.75 Å². The maximum absolute atomic E-state index is 5.70. The summed E-state index contributed by atoms with van der Waals surface area (Å²) in [7, 11) is 0. The Kier molecular flexibility index (Phi) is 6.06. The Bertz CT molecular complexity index is 494.